The second-order valence-corrected chi connectivity index (χ2v) is 9.11. The van der Waals surface area contributed by atoms with Gasteiger partial charge in [0.1, 0.15) is 10.7 Å². The largest absolute Gasteiger partial charge is 0.512 e. The number of sulfonamides is 1. The fourth-order valence-corrected chi connectivity index (χ4v) is 4.55. The number of allylic oxidation sites excluding steroid dienone is 2. The lowest BCUT2D eigenvalue weighted by Crippen LogP contribution is -2.15. The predicted octanol–water partition coefficient (Wildman–Crippen LogP) is 5.40. The minimum atomic E-state index is -4.10. The first-order chi connectivity index (χ1) is 14.5. The van der Waals surface area contributed by atoms with E-state index in [0.29, 0.717) is 11.3 Å². The van der Waals surface area contributed by atoms with E-state index in [1.165, 1.54) is 38.2 Å². The van der Waals surface area contributed by atoms with E-state index < -0.39 is 15.8 Å². The van der Waals surface area contributed by atoms with Gasteiger partial charge in [0.2, 0.25) is 0 Å². The summed E-state index contributed by atoms with van der Waals surface area (Å²) in [5.41, 5.74) is 1.07. The summed E-state index contributed by atoms with van der Waals surface area (Å²) in [6.45, 7) is 4.69. The number of benzene rings is 1. The number of aryl methyl sites for hydroxylation is 1. The summed E-state index contributed by atoms with van der Waals surface area (Å²) in [5.74, 6) is -0.630. The number of hydrogen-bond donors (Lipinski definition) is 2. The molecular weight excluding hydrogens is 466 g/mol. The molecule has 0 aliphatic heterocycles. The van der Waals surface area contributed by atoms with Crippen molar-refractivity contribution in [2.45, 2.75) is 25.7 Å². The molecule has 7 nitrogen and oxygen atoms in total. The second-order valence-electron chi connectivity index (χ2n) is 6.64. The van der Waals surface area contributed by atoms with Gasteiger partial charge in [-0.15, -0.1) is 5.10 Å². The second kappa shape index (κ2) is 8.78. The van der Waals surface area contributed by atoms with Gasteiger partial charge in [-0.2, -0.15) is 5.10 Å². The quantitative estimate of drug-likeness (QED) is 0.471. The molecule has 0 saturated heterocycles. The number of aromatic nitrogens is 3. The molecule has 3 rings (SSSR count). The average molecular weight is 483 g/mol. The zero-order valence-electron chi connectivity index (χ0n) is 16.6. The molecule has 1 aromatic carbocycles. The van der Waals surface area contributed by atoms with Crippen LogP contribution in [-0.4, -0.2) is 28.7 Å². The molecule has 0 radical (unpaired) electrons. The number of halogens is 3. The third kappa shape index (κ3) is 4.79. The van der Waals surface area contributed by atoms with Crippen molar-refractivity contribution in [2.24, 2.45) is 0 Å². The van der Waals surface area contributed by atoms with Crippen LogP contribution in [0.15, 0.2) is 47.2 Å². The van der Waals surface area contributed by atoms with E-state index >= 15 is 0 Å². The highest BCUT2D eigenvalue weighted by Crippen LogP contribution is 2.36. The first-order valence-corrected chi connectivity index (χ1v) is 11.1. The Hall–Kier alpha value is -2.75. The molecule has 0 fully saturated rings. The van der Waals surface area contributed by atoms with Crippen LogP contribution in [0, 0.1) is 12.7 Å². The Labute approximate surface area is 188 Å². The van der Waals surface area contributed by atoms with Crippen molar-refractivity contribution < 1.29 is 17.9 Å². The molecule has 0 atom stereocenters. The van der Waals surface area contributed by atoms with Crippen LogP contribution in [0.4, 0.5) is 10.1 Å². The van der Waals surface area contributed by atoms with E-state index in [4.69, 9.17) is 23.2 Å². The maximum Gasteiger partial charge on any atom is 0.263 e. The van der Waals surface area contributed by atoms with Gasteiger partial charge in [0.05, 0.1) is 44.1 Å². The van der Waals surface area contributed by atoms with Gasteiger partial charge in [0.15, 0.2) is 0 Å². The summed E-state index contributed by atoms with van der Waals surface area (Å²) >= 11 is 12.2. The summed E-state index contributed by atoms with van der Waals surface area (Å²) in [7, 11) is -4.10. The number of rotatable bonds is 5. The Bertz CT molecular complexity index is 1290. The molecule has 2 heterocycles. The van der Waals surface area contributed by atoms with Crippen LogP contribution in [0.25, 0.3) is 16.8 Å². The zero-order valence-corrected chi connectivity index (χ0v) is 18.9. The first kappa shape index (κ1) is 22.9. The number of aliphatic hydroxyl groups excluding tert-OH is 1. The van der Waals surface area contributed by atoms with Gasteiger partial charge in [-0.05, 0) is 51.1 Å². The van der Waals surface area contributed by atoms with Crippen molar-refractivity contribution in [1.29, 1.82) is 0 Å². The van der Waals surface area contributed by atoms with Crippen molar-refractivity contribution in [1.82, 2.24) is 15.2 Å². The number of nitrogens with one attached hydrogen (secondary N) is 1. The van der Waals surface area contributed by atoms with Gasteiger partial charge >= 0.3 is 0 Å². The first-order valence-electron chi connectivity index (χ1n) is 8.85. The van der Waals surface area contributed by atoms with Crippen molar-refractivity contribution in [3.05, 3.63) is 69.5 Å². The number of hydrogen-bond acceptors (Lipinski definition) is 6. The average Bonchev–Trinajstić information content (AvgIpc) is 2.72. The Morgan fingerprint density at radius 3 is 2.45 bits per heavy atom. The van der Waals surface area contributed by atoms with Gasteiger partial charge in [0, 0.05) is 11.8 Å². The molecule has 0 amide bonds. The normalized spacial score (nSPS) is 12.5. The molecule has 0 unspecified atom stereocenters. The van der Waals surface area contributed by atoms with E-state index in [0.717, 1.165) is 6.07 Å². The highest BCUT2D eigenvalue weighted by Gasteiger charge is 2.23. The molecule has 0 spiro atoms. The van der Waals surface area contributed by atoms with Crippen molar-refractivity contribution in [2.75, 3.05) is 4.72 Å². The van der Waals surface area contributed by atoms with Crippen LogP contribution in [0.5, 0.6) is 0 Å². The highest BCUT2D eigenvalue weighted by atomic mass is 35.5. The fraction of sp³-hybridized carbons (Fsp3) is 0.150. The van der Waals surface area contributed by atoms with Gasteiger partial charge < -0.3 is 5.11 Å². The molecule has 162 valence electrons. The molecule has 0 aliphatic rings. The van der Waals surface area contributed by atoms with Crippen molar-refractivity contribution in [3.63, 3.8) is 0 Å². The smallest absolute Gasteiger partial charge is 0.263 e. The maximum absolute atomic E-state index is 14.6. The SMILES string of the molecule is C/C(O)=C(\C)c1ccc(-c2c(F)ccc(NS(=O)(=O)c3cc(Cl)cnc3C)c2Cl)nn1. The zero-order chi connectivity index (χ0) is 22.9. The number of pyridine rings is 1. The monoisotopic (exact) mass is 482 g/mol. The lowest BCUT2D eigenvalue weighted by Gasteiger charge is -2.14. The Morgan fingerprint density at radius 2 is 1.84 bits per heavy atom. The molecule has 3 aromatic rings. The Morgan fingerprint density at radius 1 is 1.13 bits per heavy atom. The minimum absolute atomic E-state index is 0.0504. The van der Waals surface area contributed by atoms with Crippen LogP contribution in [-0.2, 0) is 10.0 Å². The summed E-state index contributed by atoms with van der Waals surface area (Å²) in [5, 5.41) is 17.5. The number of anilines is 1. The summed E-state index contributed by atoms with van der Waals surface area (Å²) in [6, 6.07) is 6.55. The van der Waals surface area contributed by atoms with E-state index in [2.05, 4.69) is 19.9 Å². The molecule has 31 heavy (non-hydrogen) atoms. The summed E-state index contributed by atoms with van der Waals surface area (Å²) in [6.07, 6.45) is 1.33. The van der Waals surface area contributed by atoms with Crippen molar-refractivity contribution >= 4 is 44.5 Å². The lowest BCUT2D eigenvalue weighted by molar-refractivity contribution is 0.416. The van der Waals surface area contributed by atoms with E-state index in [9.17, 15) is 17.9 Å². The predicted molar refractivity (Wildman–Crippen MR) is 118 cm³/mol. The highest BCUT2D eigenvalue weighted by molar-refractivity contribution is 7.92. The molecule has 2 aromatic heterocycles. The van der Waals surface area contributed by atoms with Crippen LogP contribution in [0.1, 0.15) is 25.2 Å². The molecule has 11 heteroatoms. The van der Waals surface area contributed by atoms with Gasteiger partial charge in [-0.3, -0.25) is 9.71 Å². The van der Waals surface area contributed by atoms with E-state index in [1.807, 2.05) is 0 Å². The molecular formula is C20H17Cl2FN4O3S. The van der Waals surface area contributed by atoms with Crippen LogP contribution in [0.2, 0.25) is 10.0 Å². The van der Waals surface area contributed by atoms with E-state index in [1.54, 1.807) is 13.0 Å². The maximum atomic E-state index is 14.6. The van der Waals surface area contributed by atoms with E-state index in [-0.39, 0.29) is 43.3 Å². The van der Waals surface area contributed by atoms with Crippen molar-refractivity contribution in [3.8, 4) is 11.3 Å². The van der Waals surface area contributed by atoms with Crippen LogP contribution in [0.3, 0.4) is 0 Å². The number of aliphatic hydroxyl groups is 1. The third-order valence-corrected chi connectivity index (χ3v) is 6.56. The Kier molecular flexibility index (Phi) is 6.49. The summed E-state index contributed by atoms with van der Waals surface area (Å²) in [4.78, 5) is 3.81. The Balaban J connectivity index is 2.04. The number of nitrogens with zero attached hydrogens (tertiary/aromatic N) is 3. The molecule has 0 bridgehead atoms. The topological polar surface area (TPSA) is 105 Å². The van der Waals surface area contributed by atoms with Gasteiger partial charge in [-0.25, -0.2) is 12.8 Å². The van der Waals surface area contributed by atoms with Crippen LogP contribution >= 0.6 is 23.2 Å². The summed E-state index contributed by atoms with van der Waals surface area (Å²) < 4.78 is 42.6. The van der Waals surface area contributed by atoms with Crippen LogP contribution < -0.4 is 4.72 Å². The van der Waals surface area contributed by atoms with Gasteiger partial charge in [-0.1, -0.05) is 23.2 Å². The lowest BCUT2D eigenvalue weighted by atomic mass is 10.1. The van der Waals surface area contributed by atoms with Gasteiger partial charge in [0.25, 0.3) is 10.0 Å². The molecule has 2 N–H and O–H groups in total. The fourth-order valence-electron chi connectivity index (χ4n) is 2.68. The minimum Gasteiger partial charge on any atom is -0.512 e. The molecule has 0 saturated carbocycles. The standard InChI is InChI=1S/C20H17Cl2FN4O3S/c1-10(12(3)28)15-6-7-16(26-25-15)19-14(23)4-5-17(20(19)22)27-31(29,30)18-8-13(21)9-24-11(18)2/h4-9,27-28H,1-3H3/b12-10-. The molecule has 0 aliphatic carbocycles. The third-order valence-electron chi connectivity index (χ3n) is 4.48.